The number of furan rings is 1. The Morgan fingerprint density at radius 1 is 1.00 bits per heavy atom. The van der Waals surface area contributed by atoms with E-state index in [0.29, 0.717) is 16.4 Å². The van der Waals surface area contributed by atoms with Gasteiger partial charge in [-0.2, -0.15) is 0 Å². The Balaban J connectivity index is 1.99. The van der Waals surface area contributed by atoms with Gasteiger partial charge in [0, 0.05) is 17.5 Å². The smallest absolute Gasteiger partial charge is 0.287 e. The molecule has 0 radical (unpaired) electrons. The van der Waals surface area contributed by atoms with Crippen LogP contribution in [0.4, 0.5) is 8.78 Å². The zero-order valence-corrected chi connectivity index (χ0v) is 14.8. The summed E-state index contributed by atoms with van der Waals surface area (Å²) in [5, 5.41) is 1.89. The van der Waals surface area contributed by atoms with Crippen LogP contribution in [-0.4, -0.2) is 4.98 Å². The molecule has 5 rings (SSSR count). The van der Waals surface area contributed by atoms with Crippen molar-refractivity contribution in [1.82, 2.24) is 4.98 Å². The van der Waals surface area contributed by atoms with Gasteiger partial charge in [-0.25, -0.2) is 13.3 Å². The molecule has 2 heterocycles. The van der Waals surface area contributed by atoms with Crippen LogP contribution < -0.4 is 4.57 Å². The second-order valence-corrected chi connectivity index (χ2v) is 6.72. The van der Waals surface area contributed by atoms with E-state index in [4.69, 9.17) is 4.42 Å². The van der Waals surface area contributed by atoms with Gasteiger partial charge in [-0.3, -0.25) is 0 Å². The third-order valence-corrected chi connectivity index (χ3v) is 4.98. The Morgan fingerprint density at radius 3 is 2.67 bits per heavy atom. The lowest BCUT2D eigenvalue weighted by atomic mass is 9.98. The normalized spacial score (nSPS) is 11.7. The maximum Gasteiger partial charge on any atom is 0.287 e. The quantitative estimate of drug-likeness (QED) is 0.384. The van der Waals surface area contributed by atoms with Gasteiger partial charge in [0.25, 0.3) is 6.33 Å². The van der Waals surface area contributed by atoms with E-state index in [1.54, 1.807) is 6.33 Å². The highest BCUT2D eigenvalue weighted by molar-refractivity contribution is 6.11. The second-order valence-electron chi connectivity index (χ2n) is 6.72. The summed E-state index contributed by atoms with van der Waals surface area (Å²) in [7, 11) is 1.91. The summed E-state index contributed by atoms with van der Waals surface area (Å²) >= 11 is 0. The summed E-state index contributed by atoms with van der Waals surface area (Å²) in [5.41, 5.74) is 4.36. The summed E-state index contributed by atoms with van der Waals surface area (Å²) < 4.78 is 36.0. The monoisotopic (exact) mass is 361 g/mol. The SMILES string of the molecule is Cc1ccc2c(oc3cc(F)cc(F)c32)c1-c1c2ccccc2nc[n+]1C. The van der Waals surface area contributed by atoms with Crippen LogP contribution in [0.1, 0.15) is 5.56 Å². The van der Waals surface area contributed by atoms with E-state index in [1.807, 2.05) is 54.9 Å². The number of aryl methyl sites for hydroxylation is 2. The largest absolute Gasteiger partial charge is 0.455 e. The zero-order chi connectivity index (χ0) is 18.7. The minimum Gasteiger partial charge on any atom is -0.455 e. The highest BCUT2D eigenvalue weighted by atomic mass is 19.1. The van der Waals surface area contributed by atoms with Crippen molar-refractivity contribution in [2.75, 3.05) is 0 Å². The van der Waals surface area contributed by atoms with Crippen LogP contribution in [0.2, 0.25) is 0 Å². The molecule has 0 fully saturated rings. The Bertz CT molecular complexity index is 1370. The van der Waals surface area contributed by atoms with Crippen molar-refractivity contribution in [2.45, 2.75) is 6.92 Å². The highest BCUT2D eigenvalue weighted by Gasteiger charge is 2.23. The Labute approximate surface area is 153 Å². The minimum atomic E-state index is -0.655. The molecule has 3 nitrogen and oxygen atoms in total. The van der Waals surface area contributed by atoms with Crippen LogP contribution in [0.5, 0.6) is 0 Å². The molecule has 0 bridgehead atoms. The fourth-order valence-corrected chi connectivity index (χ4v) is 3.77. The molecule has 0 aliphatic heterocycles. The van der Waals surface area contributed by atoms with Crippen molar-refractivity contribution < 1.29 is 17.8 Å². The van der Waals surface area contributed by atoms with Crippen molar-refractivity contribution in [1.29, 1.82) is 0 Å². The van der Waals surface area contributed by atoms with Gasteiger partial charge < -0.3 is 4.42 Å². The molecule has 0 saturated heterocycles. The third kappa shape index (κ3) is 2.24. The first-order valence-electron chi connectivity index (χ1n) is 8.59. The van der Waals surface area contributed by atoms with E-state index in [9.17, 15) is 8.78 Å². The first kappa shape index (κ1) is 15.9. The van der Waals surface area contributed by atoms with Gasteiger partial charge in [-0.15, -0.1) is 0 Å². The lowest BCUT2D eigenvalue weighted by molar-refractivity contribution is -0.662. The number of para-hydroxylation sites is 1. The van der Waals surface area contributed by atoms with Gasteiger partial charge in [0.1, 0.15) is 28.5 Å². The summed E-state index contributed by atoms with van der Waals surface area (Å²) in [6.45, 7) is 1.98. The van der Waals surface area contributed by atoms with Crippen LogP contribution in [0.15, 0.2) is 59.3 Å². The van der Waals surface area contributed by atoms with Crippen molar-refractivity contribution in [3.8, 4) is 11.3 Å². The number of fused-ring (bicyclic) bond motifs is 4. The van der Waals surface area contributed by atoms with Crippen molar-refractivity contribution >= 4 is 32.8 Å². The minimum absolute atomic E-state index is 0.204. The predicted octanol–water partition coefficient (Wildman–Crippen LogP) is 5.21. The molecule has 0 amide bonds. The fraction of sp³-hybridized carbons (Fsp3) is 0.0909. The van der Waals surface area contributed by atoms with Gasteiger partial charge in [-0.05, 0) is 29.6 Å². The molecule has 3 aromatic carbocycles. The van der Waals surface area contributed by atoms with Gasteiger partial charge in [-0.1, -0.05) is 24.3 Å². The van der Waals surface area contributed by atoms with Crippen LogP contribution in [0.25, 0.3) is 44.1 Å². The molecule has 0 spiro atoms. The van der Waals surface area contributed by atoms with Crippen LogP contribution in [0.3, 0.4) is 0 Å². The molecule has 0 saturated carbocycles. The molecule has 27 heavy (non-hydrogen) atoms. The number of nitrogens with zero attached hydrogens (tertiary/aromatic N) is 2. The predicted molar refractivity (Wildman–Crippen MR) is 100 cm³/mol. The lowest BCUT2D eigenvalue weighted by Gasteiger charge is -2.09. The second kappa shape index (κ2) is 5.58. The average Bonchev–Trinajstić information content (AvgIpc) is 3.01. The molecule has 5 aromatic rings. The Hall–Kier alpha value is -3.34. The highest BCUT2D eigenvalue weighted by Crippen LogP contribution is 2.39. The van der Waals surface area contributed by atoms with Crippen LogP contribution in [0, 0.1) is 18.6 Å². The maximum absolute atomic E-state index is 14.5. The van der Waals surface area contributed by atoms with Gasteiger partial charge in [0.15, 0.2) is 5.52 Å². The van der Waals surface area contributed by atoms with E-state index in [-0.39, 0.29) is 5.58 Å². The number of aromatic nitrogens is 2. The van der Waals surface area contributed by atoms with E-state index in [2.05, 4.69) is 4.98 Å². The molecular formula is C22H15F2N2O+. The molecule has 0 aliphatic carbocycles. The van der Waals surface area contributed by atoms with E-state index in [0.717, 1.165) is 33.8 Å². The fourth-order valence-electron chi connectivity index (χ4n) is 3.77. The molecule has 0 atom stereocenters. The molecular weight excluding hydrogens is 346 g/mol. The van der Waals surface area contributed by atoms with Gasteiger partial charge in [0.2, 0.25) is 0 Å². The molecule has 0 aliphatic rings. The third-order valence-electron chi connectivity index (χ3n) is 4.98. The first-order valence-corrected chi connectivity index (χ1v) is 8.59. The lowest BCUT2D eigenvalue weighted by Crippen LogP contribution is -2.31. The van der Waals surface area contributed by atoms with E-state index >= 15 is 0 Å². The summed E-state index contributed by atoms with van der Waals surface area (Å²) in [4.78, 5) is 4.47. The standard InChI is InChI=1S/C22H15F2N2O/c1-12-7-8-15-20-16(24)9-13(23)10-18(20)27-22(15)19(12)21-14-5-3-4-6-17(14)25-11-26(21)2/h3-11H,1-2H3/q+1. The van der Waals surface area contributed by atoms with E-state index in [1.165, 1.54) is 6.07 Å². The van der Waals surface area contributed by atoms with Gasteiger partial charge >= 0.3 is 0 Å². The number of halogens is 2. The molecule has 0 unspecified atom stereocenters. The summed E-state index contributed by atoms with van der Waals surface area (Å²) in [6, 6.07) is 13.7. The summed E-state index contributed by atoms with van der Waals surface area (Å²) in [6.07, 6.45) is 1.75. The van der Waals surface area contributed by atoms with Crippen LogP contribution >= 0.6 is 0 Å². The number of benzene rings is 3. The molecule has 2 aromatic heterocycles. The van der Waals surface area contributed by atoms with Gasteiger partial charge in [0.05, 0.1) is 23.4 Å². The topological polar surface area (TPSA) is 29.9 Å². The van der Waals surface area contributed by atoms with Crippen LogP contribution in [-0.2, 0) is 7.05 Å². The number of hydrogen-bond donors (Lipinski definition) is 0. The van der Waals surface area contributed by atoms with Crippen molar-refractivity contribution in [2.24, 2.45) is 7.05 Å². The molecule has 5 heteroatoms. The first-order chi connectivity index (χ1) is 13.0. The summed E-state index contributed by atoms with van der Waals surface area (Å²) in [5.74, 6) is -1.28. The van der Waals surface area contributed by atoms with E-state index < -0.39 is 11.6 Å². The molecule has 0 N–H and O–H groups in total. The average molecular weight is 361 g/mol. The molecule has 132 valence electrons. The maximum atomic E-state index is 14.5. The number of hydrogen-bond acceptors (Lipinski definition) is 2. The number of rotatable bonds is 1. The van der Waals surface area contributed by atoms with Crippen molar-refractivity contribution in [3.63, 3.8) is 0 Å². The Morgan fingerprint density at radius 2 is 1.81 bits per heavy atom. The van der Waals surface area contributed by atoms with Crippen molar-refractivity contribution in [3.05, 3.63) is 72.1 Å². The Kier molecular flexibility index (Phi) is 3.28. The zero-order valence-electron chi connectivity index (χ0n) is 14.8.